The summed E-state index contributed by atoms with van der Waals surface area (Å²) in [6.45, 7) is 7.10. The van der Waals surface area contributed by atoms with Gasteiger partial charge < -0.3 is 14.4 Å². The molecule has 172 valence electrons. The van der Waals surface area contributed by atoms with Crippen LogP contribution in [-0.4, -0.2) is 37.3 Å². The Labute approximate surface area is 180 Å². The molecule has 1 aromatic rings. The summed E-state index contributed by atoms with van der Waals surface area (Å²) >= 11 is 0. The highest BCUT2D eigenvalue weighted by molar-refractivity contribution is 7.88. The third kappa shape index (κ3) is 7.34. The lowest BCUT2D eigenvalue weighted by atomic mass is 9.57. The van der Waals surface area contributed by atoms with E-state index in [1.807, 2.05) is 0 Å². The Morgan fingerprint density at radius 2 is 1.93 bits per heavy atom. The molecular formula is C21H36N3O5S-. The van der Waals surface area contributed by atoms with Crippen LogP contribution < -0.4 is 9.83 Å². The van der Waals surface area contributed by atoms with Crippen LogP contribution in [0.5, 0.6) is 0 Å². The monoisotopic (exact) mass is 442 g/mol. The van der Waals surface area contributed by atoms with Crippen LogP contribution in [-0.2, 0) is 21.2 Å². The number of hydrogen-bond acceptors (Lipinski definition) is 7. The van der Waals surface area contributed by atoms with Gasteiger partial charge in [-0.05, 0) is 42.9 Å². The molecule has 0 bridgehead atoms. The Kier molecular flexibility index (Phi) is 8.44. The SMILES string of the molecule is CC(C)(C)C1(CCCC(CC(=O)[O-])c2nc(CCNS(C)(=O)=O)no2)CCCCC1. The number of carboxylic acids is 1. The van der Waals surface area contributed by atoms with Gasteiger partial charge in [-0.15, -0.1) is 0 Å². The zero-order chi connectivity index (χ0) is 22.4. The summed E-state index contributed by atoms with van der Waals surface area (Å²) in [5.74, 6) is -0.869. The number of sulfonamides is 1. The lowest BCUT2D eigenvalue weighted by Crippen LogP contribution is -2.37. The molecule has 0 spiro atoms. The molecule has 30 heavy (non-hydrogen) atoms. The Hall–Kier alpha value is -1.48. The molecule has 0 radical (unpaired) electrons. The first-order valence-corrected chi connectivity index (χ1v) is 12.8. The van der Waals surface area contributed by atoms with Crippen molar-refractivity contribution < 1.29 is 22.8 Å². The van der Waals surface area contributed by atoms with E-state index in [1.165, 1.54) is 32.1 Å². The maximum absolute atomic E-state index is 11.3. The number of nitrogens with zero attached hydrogens (tertiary/aromatic N) is 2. The van der Waals surface area contributed by atoms with Crippen LogP contribution in [0.15, 0.2) is 4.52 Å². The molecular weight excluding hydrogens is 406 g/mol. The fourth-order valence-electron chi connectivity index (χ4n) is 4.69. The van der Waals surface area contributed by atoms with Gasteiger partial charge in [-0.3, -0.25) is 0 Å². The number of nitrogens with one attached hydrogen (secondary N) is 1. The highest BCUT2D eigenvalue weighted by atomic mass is 32.2. The van der Waals surface area contributed by atoms with Crippen molar-refractivity contribution in [2.45, 2.75) is 90.9 Å². The van der Waals surface area contributed by atoms with Crippen molar-refractivity contribution in [3.8, 4) is 0 Å². The van der Waals surface area contributed by atoms with Crippen LogP contribution in [0.25, 0.3) is 0 Å². The molecule has 0 saturated heterocycles. The normalized spacial score (nSPS) is 18.3. The van der Waals surface area contributed by atoms with E-state index in [1.54, 1.807) is 0 Å². The second-order valence-corrected chi connectivity index (χ2v) is 11.6. The first kappa shape index (κ1) is 24.8. The van der Waals surface area contributed by atoms with Gasteiger partial charge in [-0.25, -0.2) is 13.1 Å². The van der Waals surface area contributed by atoms with E-state index in [0.717, 1.165) is 19.1 Å². The average molecular weight is 443 g/mol. The van der Waals surface area contributed by atoms with Gasteiger partial charge in [0.05, 0.1) is 6.26 Å². The molecule has 0 aromatic carbocycles. The second-order valence-electron chi connectivity index (χ2n) is 9.72. The summed E-state index contributed by atoms with van der Waals surface area (Å²) in [7, 11) is -3.28. The summed E-state index contributed by atoms with van der Waals surface area (Å²) in [5, 5.41) is 15.2. The van der Waals surface area contributed by atoms with E-state index >= 15 is 0 Å². The third-order valence-corrected chi connectivity index (χ3v) is 7.30. The second kappa shape index (κ2) is 10.2. The number of aromatic nitrogens is 2. The van der Waals surface area contributed by atoms with Crippen molar-refractivity contribution in [3.05, 3.63) is 11.7 Å². The molecule has 8 nitrogen and oxygen atoms in total. The van der Waals surface area contributed by atoms with E-state index in [9.17, 15) is 18.3 Å². The Morgan fingerprint density at radius 1 is 1.27 bits per heavy atom. The van der Waals surface area contributed by atoms with Crippen molar-refractivity contribution in [1.82, 2.24) is 14.9 Å². The van der Waals surface area contributed by atoms with Gasteiger partial charge in [0.25, 0.3) is 0 Å². The van der Waals surface area contributed by atoms with Crippen LogP contribution >= 0.6 is 0 Å². The van der Waals surface area contributed by atoms with Gasteiger partial charge in [0.1, 0.15) is 0 Å². The van der Waals surface area contributed by atoms with E-state index in [2.05, 4.69) is 35.6 Å². The minimum absolute atomic E-state index is 0.161. The summed E-state index contributed by atoms with van der Waals surface area (Å²) < 4.78 is 30.0. The summed E-state index contributed by atoms with van der Waals surface area (Å²) in [5.41, 5.74) is 0.496. The van der Waals surface area contributed by atoms with E-state index in [-0.39, 0.29) is 36.1 Å². The Bertz CT molecular complexity index is 792. The van der Waals surface area contributed by atoms with Crippen molar-refractivity contribution >= 4 is 16.0 Å². The molecule has 1 atom stereocenters. The fraction of sp³-hybridized carbons (Fsp3) is 0.857. The average Bonchev–Trinajstić information content (AvgIpc) is 3.08. The molecule has 1 aliphatic rings. The molecule has 1 N–H and O–H groups in total. The van der Waals surface area contributed by atoms with Gasteiger partial charge in [-0.2, -0.15) is 4.98 Å². The minimum Gasteiger partial charge on any atom is -0.550 e. The van der Waals surface area contributed by atoms with Gasteiger partial charge >= 0.3 is 0 Å². The van der Waals surface area contributed by atoms with Crippen molar-refractivity contribution in [3.63, 3.8) is 0 Å². The highest BCUT2D eigenvalue weighted by Crippen LogP contribution is 2.53. The molecule has 0 amide bonds. The number of carbonyl (C=O) groups is 1. The van der Waals surface area contributed by atoms with Crippen molar-refractivity contribution in [2.24, 2.45) is 10.8 Å². The van der Waals surface area contributed by atoms with E-state index in [4.69, 9.17) is 4.52 Å². The number of rotatable bonds is 11. The standard InChI is InChI=1S/C21H37N3O5S/c1-20(2,3)21(11-6-5-7-12-21)13-8-9-16(15-18(25)26)19-23-17(24-29-19)10-14-22-30(4,27)28/h16,22H,5-15H2,1-4H3,(H,25,26)/p-1. The van der Waals surface area contributed by atoms with Crippen molar-refractivity contribution in [2.75, 3.05) is 12.8 Å². The van der Waals surface area contributed by atoms with Crippen molar-refractivity contribution in [1.29, 1.82) is 0 Å². The predicted molar refractivity (Wildman–Crippen MR) is 112 cm³/mol. The summed E-state index contributed by atoms with van der Waals surface area (Å²) in [6, 6.07) is 0. The molecule has 1 unspecified atom stereocenters. The maximum Gasteiger partial charge on any atom is 0.230 e. The summed E-state index contributed by atoms with van der Waals surface area (Å²) in [4.78, 5) is 15.6. The molecule has 1 saturated carbocycles. The Morgan fingerprint density at radius 3 is 2.50 bits per heavy atom. The highest BCUT2D eigenvalue weighted by Gasteiger charge is 2.41. The third-order valence-electron chi connectivity index (χ3n) is 6.57. The first-order chi connectivity index (χ1) is 13.9. The maximum atomic E-state index is 11.3. The van der Waals surface area contributed by atoms with E-state index < -0.39 is 16.0 Å². The molecule has 2 rings (SSSR count). The Balaban J connectivity index is 2.00. The minimum atomic E-state index is -3.28. The lowest BCUT2D eigenvalue weighted by molar-refractivity contribution is -0.306. The summed E-state index contributed by atoms with van der Waals surface area (Å²) in [6.07, 6.45) is 10.1. The molecule has 1 fully saturated rings. The largest absolute Gasteiger partial charge is 0.550 e. The fourth-order valence-corrected chi connectivity index (χ4v) is 5.16. The van der Waals surface area contributed by atoms with Crippen LogP contribution in [0, 0.1) is 10.8 Å². The molecule has 9 heteroatoms. The zero-order valence-corrected chi connectivity index (χ0v) is 19.5. The van der Waals surface area contributed by atoms with Gasteiger partial charge in [0.15, 0.2) is 5.82 Å². The van der Waals surface area contributed by atoms with E-state index in [0.29, 0.717) is 18.1 Å². The number of carboxylic acid groups (broad SMARTS) is 1. The quantitative estimate of drug-likeness (QED) is 0.558. The predicted octanol–water partition coefficient (Wildman–Crippen LogP) is 2.55. The van der Waals surface area contributed by atoms with Crippen LogP contribution in [0.3, 0.4) is 0 Å². The molecule has 0 aliphatic heterocycles. The zero-order valence-electron chi connectivity index (χ0n) is 18.7. The molecule has 1 aromatic heterocycles. The lowest BCUT2D eigenvalue weighted by Gasteiger charge is -2.48. The number of hydrogen-bond donors (Lipinski definition) is 1. The molecule has 1 heterocycles. The number of carbonyl (C=O) groups excluding carboxylic acids is 1. The van der Waals surface area contributed by atoms with Gasteiger partial charge in [0, 0.05) is 24.9 Å². The van der Waals surface area contributed by atoms with Gasteiger partial charge in [0.2, 0.25) is 15.9 Å². The topological polar surface area (TPSA) is 125 Å². The first-order valence-electron chi connectivity index (χ1n) is 10.9. The smallest absolute Gasteiger partial charge is 0.230 e. The van der Waals surface area contributed by atoms with Crippen LogP contribution in [0.1, 0.15) is 96.2 Å². The van der Waals surface area contributed by atoms with Crippen LogP contribution in [0.4, 0.5) is 0 Å². The van der Waals surface area contributed by atoms with Crippen LogP contribution in [0.2, 0.25) is 0 Å². The van der Waals surface area contributed by atoms with Gasteiger partial charge in [-0.1, -0.05) is 51.6 Å². The molecule has 1 aliphatic carbocycles. The number of aliphatic carboxylic acids is 1.